The first-order chi connectivity index (χ1) is 15.1. The van der Waals surface area contributed by atoms with Crippen LogP contribution in [0.1, 0.15) is 28.2 Å². The molecule has 6 heteroatoms. The minimum absolute atomic E-state index is 0.0839. The van der Waals surface area contributed by atoms with E-state index in [2.05, 4.69) is 17.4 Å². The number of alkyl carbamates (subject to hydrolysis) is 1. The summed E-state index contributed by atoms with van der Waals surface area (Å²) in [6, 6.07) is 22.3. The molecule has 0 saturated carbocycles. The van der Waals surface area contributed by atoms with Crippen LogP contribution in [0.15, 0.2) is 72.8 Å². The fraction of sp³-hybridized carbons (Fsp3) is 0.200. The van der Waals surface area contributed by atoms with Crippen molar-refractivity contribution < 1.29 is 19.4 Å². The summed E-state index contributed by atoms with van der Waals surface area (Å²) in [5, 5.41) is 12.1. The summed E-state index contributed by atoms with van der Waals surface area (Å²) in [5.74, 6) is -1.21. The Morgan fingerprint density at radius 1 is 0.903 bits per heavy atom. The highest BCUT2D eigenvalue weighted by Crippen LogP contribution is 2.44. The standard InChI is InChI=1S/C25H24N2O4/c26-14-17-8-2-1-7-16(17)13-23(24(28)29)27-25(30)31-15-22-20-11-5-3-9-18(20)19-10-4-6-12-21(19)22/h1-12,22-23H,13-15,26H2,(H,27,30)(H,28,29)/t23-/m0/s1. The van der Waals surface area contributed by atoms with E-state index in [-0.39, 0.29) is 18.9 Å². The monoisotopic (exact) mass is 416 g/mol. The van der Waals surface area contributed by atoms with Gasteiger partial charge in [0.15, 0.2) is 0 Å². The highest BCUT2D eigenvalue weighted by Gasteiger charge is 2.29. The zero-order chi connectivity index (χ0) is 21.8. The van der Waals surface area contributed by atoms with Crippen molar-refractivity contribution in [2.45, 2.75) is 24.9 Å². The second kappa shape index (κ2) is 9.02. The van der Waals surface area contributed by atoms with Gasteiger partial charge in [-0.2, -0.15) is 0 Å². The van der Waals surface area contributed by atoms with E-state index in [1.54, 1.807) is 0 Å². The van der Waals surface area contributed by atoms with Crippen molar-refractivity contribution in [2.24, 2.45) is 5.73 Å². The third kappa shape index (κ3) is 4.29. The number of hydrogen-bond donors (Lipinski definition) is 3. The molecule has 0 aromatic heterocycles. The van der Waals surface area contributed by atoms with Crippen LogP contribution in [0.2, 0.25) is 0 Å². The third-order valence-electron chi connectivity index (χ3n) is 5.70. The Hall–Kier alpha value is -3.64. The van der Waals surface area contributed by atoms with E-state index >= 15 is 0 Å². The maximum Gasteiger partial charge on any atom is 0.407 e. The van der Waals surface area contributed by atoms with Crippen molar-refractivity contribution in [3.05, 3.63) is 95.1 Å². The number of hydrogen-bond acceptors (Lipinski definition) is 4. The van der Waals surface area contributed by atoms with Crippen LogP contribution >= 0.6 is 0 Å². The van der Waals surface area contributed by atoms with Crippen LogP contribution in [-0.2, 0) is 22.5 Å². The Morgan fingerprint density at radius 3 is 2.03 bits per heavy atom. The molecule has 0 unspecified atom stereocenters. The first-order valence-corrected chi connectivity index (χ1v) is 10.2. The lowest BCUT2D eigenvalue weighted by atomic mass is 9.98. The largest absolute Gasteiger partial charge is 0.480 e. The smallest absolute Gasteiger partial charge is 0.407 e. The predicted molar refractivity (Wildman–Crippen MR) is 118 cm³/mol. The molecule has 0 bridgehead atoms. The number of nitrogens with one attached hydrogen (secondary N) is 1. The normalized spacial score (nSPS) is 13.2. The quantitative estimate of drug-likeness (QED) is 0.545. The van der Waals surface area contributed by atoms with Crippen molar-refractivity contribution in [3.8, 4) is 11.1 Å². The molecule has 6 nitrogen and oxygen atoms in total. The van der Waals surface area contributed by atoms with E-state index in [0.717, 1.165) is 33.4 Å². The molecular weight excluding hydrogens is 392 g/mol. The van der Waals surface area contributed by atoms with Gasteiger partial charge in [-0.3, -0.25) is 0 Å². The zero-order valence-electron chi connectivity index (χ0n) is 17.0. The van der Waals surface area contributed by atoms with Gasteiger partial charge < -0.3 is 20.9 Å². The van der Waals surface area contributed by atoms with Gasteiger partial charge in [-0.15, -0.1) is 0 Å². The van der Waals surface area contributed by atoms with Crippen molar-refractivity contribution >= 4 is 12.1 Å². The Kier molecular flexibility index (Phi) is 6.00. The van der Waals surface area contributed by atoms with Crippen molar-refractivity contribution in [2.75, 3.05) is 6.61 Å². The summed E-state index contributed by atoms with van der Waals surface area (Å²) >= 11 is 0. The molecule has 31 heavy (non-hydrogen) atoms. The molecule has 1 amide bonds. The van der Waals surface area contributed by atoms with Crippen molar-refractivity contribution in [1.82, 2.24) is 5.32 Å². The number of fused-ring (bicyclic) bond motifs is 3. The van der Waals surface area contributed by atoms with E-state index in [4.69, 9.17) is 10.5 Å². The van der Waals surface area contributed by atoms with E-state index in [9.17, 15) is 14.7 Å². The lowest BCUT2D eigenvalue weighted by Gasteiger charge is -2.18. The van der Waals surface area contributed by atoms with Crippen LogP contribution in [0, 0.1) is 0 Å². The fourth-order valence-corrected chi connectivity index (χ4v) is 4.16. The maximum absolute atomic E-state index is 12.5. The van der Waals surface area contributed by atoms with Gasteiger partial charge in [0.05, 0.1) is 0 Å². The van der Waals surface area contributed by atoms with E-state index in [1.165, 1.54) is 0 Å². The number of carbonyl (C=O) groups is 2. The second-order valence-corrected chi connectivity index (χ2v) is 7.54. The van der Waals surface area contributed by atoms with Gasteiger partial charge in [-0.05, 0) is 33.4 Å². The summed E-state index contributed by atoms with van der Waals surface area (Å²) < 4.78 is 5.48. The number of carboxylic acids is 1. The second-order valence-electron chi connectivity index (χ2n) is 7.54. The predicted octanol–water partition coefficient (Wildman–Crippen LogP) is 3.68. The minimum Gasteiger partial charge on any atom is -0.480 e. The molecule has 158 valence electrons. The first-order valence-electron chi connectivity index (χ1n) is 10.2. The Balaban J connectivity index is 1.44. The molecule has 1 atom stereocenters. The summed E-state index contributed by atoms with van der Waals surface area (Å²) in [5.41, 5.74) is 11.8. The molecule has 1 aliphatic carbocycles. The molecule has 1 aliphatic rings. The summed E-state index contributed by atoms with van der Waals surface area (Å²) in [6.45, 7) is 0.430. The Labute approximate surface area is 180 Å². The van der Waals surface area contributed by atoms with Crippen LogP contribution in [0.5, 0.6) is 0 Å². The zero-order valence-corrected chi connectivity index (χ0v) is 17.0. The number of carboxylic acid groups (broad SMARTS) is 1. The summed E-state index contributed by atoms with van der Waals surface area (Å²) in [7, 11) is 0. The molecule has 3 aromatic rings. The number of rotatable bonds is 7. The lowest BCUT2D eigenvalue weighted by Crippen LogP contribution is -2.43. The van der Waals surface area contributed by atoms with Gasteiger partial charge in [0.25, 0.3) is 0 Å². The molecule has 4 rings (SSSR count). The number of amides is 1. The molecule has 0 saturated heterocycles. The number of benzene rings is 3. The SMILES string of the molecule is NCc1ccccc1C[C@H](NC(=O)OCC1c2ccccc2-c2ccccc21)C(=O)O. The molecule has 4 N–H and O–H groups in total. The average Bonchev–Trinajstić information content (AvgIpc) is 3.11. The van der Waals surface area contributed by atoms with Crippen LogP contribution in [0.3, 0.4) is 0 Å². The highest BCUT2D eigenvalue weighted by molar-refractivity contribution is 5.81. The summed E-state index contributed by atoms with van der Waals surface area (Å²) in [6.07, 6.45) is -0.619. The van der Waals surface area contributed by atoms with Gasteiger partial charge in [-0.25, -0.2) is 9.59 Å². The molecule has 0 radical (unpaired) electrons. The fourth-order valence-electron chi connectivity index (χ4n) is 4.16. The van der Waals surface area contributed by atoms with Crippen LogP contribution in [-0.4, -0.2) is 29.8 Å². The van der Waals surface area contributed by atoms with Gasteiger partial charge >= 0.3 is 12.1 Å². The van der Waals surface area contributed by atoms with Crippen molar-refractivity contribution in [3.63, 3.8) is 0 Å². The van der Waals surface area contributed by atoms with Gasteiger partial charge in [0.1, 0.15) is 12.6 Å². The molecule has 3 aromatic carbocycles. The third-order valence-corrected chi connectivity index (χ3v) is 5.70. The van der Waals surface area contributed by atoms with Crippen molar-refractivity contribution in [1.29, 1.82) is 0 Å². The molecule has 0 spiro atoms. The molecule has 0 aliphatic heterocycles. The van der Waals surface area contributed by atoms with Crippen LogP contribution in [0.4, 0.5) is 4.79 Å². The average molecular weight is 416 g/mol. The Morgan fingerprint density at radius 2 is 1.45 bits per heavy atom. The van der Waals surface area contributed by atoms with Gasteiger partial charge in [0.2, 0.25) is 0 Å². The first kappa shape index (κ1) is 20.6. The van der Waals surface area contributed by atoms with Crippen LogP contribution in [0.25, 0.3) is 11.1 Å². The number of nitrogens with two attached hydrogens (primary N) is 1. The topological polar surface area (TPSA) is 102 Å². The van der Waals surface area contributed by atoms with Gasteiger partial charge in [-0.1, -0.05) is 72.8 Å². The minimum atomic E-state index is -1.12. The lowest BCUT2D eigenvalue weighted by molar-refractivity contribution is -0.139. The van der Waals surface area contributed by atoms with Crippen LogP contribution < -0.4 is 11.1 Å². The number of carbonyl (C=O) groups excluding carboxylic acids is 1. The van der Waals surface area contributed by atoms with E-state index in [1.807, 2.05) is 60.7 Å². The molecule has 0 heterocycles. The summed E-state index contributed by atoms with van der Waals surface area (Å²) in [4.78, 5) is 24.2. The van der Waals surface area contributed by atoms with E-state index in [0.29, 0.717) is 6.54 Å². The Bertz CT molecular complexity index is 1070. The van der Waals surface area contributed by atoms with E-state index < -0.39 is 18.1 Å². The highest BCUT2D eigenvalue weighted by atomic mass is 16.5. The molecular formula is C25H24N2O4. The number of aliphatic carboxylic acids is 1. The molecule has 0 fully saturated rings. The maximum atomic E-state index is 12.5. The number of ether oxygens (including phenoxy) is 1. The van der Waals surface area contributed by atoms with Gasteiger partial charge in [0, 0.05) is 18.9 Å².